The van der Waals surface area contributed by atoms with E-state index in [1.54, 1.807) is 30.3 Å². The van der Waals surface area contributed by atoms with Crippen LogP contribution in [0.25, 0.3) is 11.1 Å². The van der Waals surface area contributed by atoms with Crippen LogP contribution in [0, 0.1) is 5.82 Å². The molecule has 0 saturated carbocycles. The summed E-state index contributed by atoms with van der Waals surface area (Å²) in [4.78, 5) is 60.6. The summed E-state index contributed by atoms with van der Waals surface area (Å²) >= 11 is 12.5. The largest absolute Gasteiger partial charge is 0.482 e. The number of carbonyl (C=O) groups excluding carboxylic acids is 4. The van der Waals surface area contributed by atoms with Crippen molar-refractivity contribution in [3.8, 4) is 16.9 Å². The molecule has 4 aliphatic heterocycles. The van der Waals surface area contributed by atoms with Crippen molar-refractivity contribution in [2.24, 2.45) is 0 Å². The van der Waals surface area contributed by atoms with Crippen LogP contribution in [-0.4, -0.2) is 97.9 Å². The number of nitrogens with two attached hydrogens (primary N) is 1. The molecule has 62 heavy (non-hydrogen) atoms. The monoisotopic (exact) mass is 887 g/mol. The molecule has 4 amide bonds. The molecule has 0 spiro atoms. The maximum Gasteiger partial charge on any atom is 0.255 e. The van der Waals surface area contributed by atoms with E-state index in [0.29, 0.717) is 55.4 Å². The molecule has 4 aliphatic rings. The second-order valence-electron chi connectivity index (χ2n) is 16.8. The number of hydrogen-bond acceptors (Lipinski definition) is 10. The molecule has 4 aromatic rings. The number of nitrogens with one attached hydrogen (secondary N) is 2. The fourth-order valence-corrected chi connectivity index (χ4v) is 9.70. The van der Waals surface area contributed by atoms with Gasteiger partial charge in [0.15, 0.2) is 11.6 Å². The molecule has 0 radical (unpaired) electrons. The molecule has 0 bridgehead atoms. The quantitative estimate of drug-likeness (QED) is 0.0596. The third-order valence-electron chi connectivity index (χ3n) is 12.6. The van der Waals surface area contributed by atoms with Gasteiger partial charge in [-0.2, -0.15) is 5.10 Å². The zero-order valence-corrected chi connectivity index (χ0v) is 36.3. The Hall–Kier alpha value is -5.25. The highest BCUT2D eigenvalue weighted by atomic mass is 35.5. The molecule has 6 heterocycles. The Balaban J connectivity index is 0.702. The molecule has 2 aromatic heterocycles. The number of hydrogen-bond donors (Lipinski definition) is 3. The molecule has 0 aliphatic carbocycles. The van der Waals surface area contributed by atoms with E-state index in [4.69, 9.17) is 33.7 Å². The minimum atomic E-state index is -0.689. The number of likely N-dealkylation sites (tertiary alicyclic amines) is 2. The summed E-state index contributed by atoms with van der Waals surface area (Å²) in [6.07, 6.45) is 12.8. The number of unbranched alkanes of at least 4 members (excludes halogenated alkanes) is 4. The number of anilines is 2. The fraction of sp³-hybridized carbons (Fsp3) is 0.467. The van der Waals surface area contributed by atoms with Crippen LogP contribution < -0.4 is 21.1 Å². The van der Waals surface area contributed by atoms with E-state index in [9.17, 15) is 23.6 Å². The number of nitrogens with zero attached hydrogens (tertiary/aromatic N) is 6. The van der Waals surface area contributed by atoms with Crippen LogP contribution in [0.3, 0.4) is 0 Å². The molecule has 3 fully saturated rings. The van der Waals surface area contributed by atoms with Crippen molar-refractivity contribution >= 4 is 58.3 Å². The Morgan fingerprint density at radius 2 is 1.79 bits per heavy atom. The van der Waals surface area contributed by atoms with Gasteiger partial charge in [-0.3, -0.25) is 34.1 Å². The molecule has 1 unspecified atom stereocenters. The Morgan fingerprint density at radius 1 is 1.02 bits per heavy atom. The standard InChI is InChI=1S/C45H52Cl2FN9O5/c1-27(41-34(46)11-12-35(48)42(41)47)62-38-20-28(21-50-43(38)49)29-22-51-57(23-29)31-15-18-55(19-16-31)40(59)10-5-3-2-4-6-17-54-24-30(25-54)52-36-9-7-8-32-33(36)26-56(45(32)61)37-13-14-39(58)53-44(37)60/h7-9,11-12,20-23,27,30-31,37,52H,2-6,10,13-19,24-26H2,1H3,(H2,49,50)(H,53,58,60)/t27-,37?/m1/s1. The van der Waals surface area contributed by atoms with Crippen LogP contribution in [-0.2, 0) is 20.9 Å². The van der Waals surface area contributed by atoms with Gasteiger partial charge < -0.3 is 25.6 Å². The first-order valence-electron chi connectivity index (χ1n) is 21.6. The SMILES string of the molecule is C[C@@H](Oc1cc(-c2cnn(C3CCN(C(=O)CCCCCCCN4CC(Nc5cccc6c5CN(C5CCC(=O)NC5=O)C6=O)C4)CC3)c2)cnc1N)c1c(Cl)ccc(F)c1Cl. The van der Waals surface area contributed by atoms with Crippen molar-refractivity contribution in [2.75, 3.05) is 43.8 Å². The van der Waals surface area contributed by atoms with Crippen molar-refractivity contribution < 1.29 is 28.3 Å². The molecular weight excluding hydrogens is 836 g/mol. The second-order valence-corrected chi connectivity index (χ2v) is 17.6. The predicted molar refractivity (Wildman–Crippen MR) is 234 cm³/mol. The predicted octanol–water partition coefficient (Wildman–Crippen LogP) is 7.17. The van der Waals surface area contributed by atoms with Gasteiger partial charge >= 0.3 is 0 Å². The molecule has 2 aromatic carbocycles. The Bertz CT molecular complexity index is 2330. The summed E-state index contributed by atoms with van der Waals surface area (Å²) in [5.74, 6) is -0.721. The summed E-state index contributed by atoms with van der Waals surface area (Å²) in [5, 5.41) is 10.8. The molecular formula is C45H52Cl2FN9O5. The van der Waals surface area contributed by atoms with Crippen LogP contribution in [0.4, 0.5) is 15.9 Å². The number of nitrogen functional groups attached to an aromatic ring is 1. The Morgan fingerprint density at radius 3 is 2.58 bits per heavy atom. The third-order valence-corrected chi connectivity index (χ3v) is 13.3. The lowest BCUT2D eigenvalue weighted by Crippen LogP contribution is -2.54. The summed E-state index contributed by atoms with van der Waals surface area (Å²) in [6, 6.07) is 9.95. The van der Waals surface area contributed by atoms with E-state index in [0.717, 1.165) is 87.0 Å². The van der Waals surface area contributed by atoms with Gasteiger partial charge in [0.25, 0.3) is 5.91 Å². The van der Waals surface area contributed by atoms with Crippen molar-refractivity contribution in [2.45, 2.75) is 102 Å². The smallest absolute Gasteiger partial charge is 0.255 e. The minimum absolute atomic E-state index is 0.101. The van der Waals surface area contributed by atoms with Gasteiger partial charge in [0.2, 0.25) is 17.7 Å². The van der Waals surface area contributed by atoms with Crippen molar-refractivity contribution in [3.05, 3.63) is 87.5 Å². The normalized spacial score (nSPS) is 19.0. The Labute approximate surface area is 370 Å². The summed E-state index contributed by atoms with van der Waals surface area (Å²) in [6.45, 7) is 6.37. The van der Waals surface area contributed by atoms with Crippen LogP contribution in [0.1, 0.15) is 105 Å². The van der Waals surface area contributed by atoms with E-state index in [1.807, 2.05) is 34.0 Å². The average molecular weight is 889 g/mol. The number of aromatic nitrogens is 3. The topological polar surface area (TPSA) is 168 Å². The average Bonchev–Trinajstić information content (AvgIpc) is 3.87. The molecule has 14 nitrogen and oxygen atoms in total. The zero-order valence-electron chi connectivity index (χ0n) is 34.8. The summed E-state index contributed by atoms with van der Waals surface area (Å²) in [7, 11) is 0. The van der Waals surface area contributed by atoms with Gasteiger partial charge in [0.1, 0.15) is 18.0 Å². The first-order valence-corrected chi connectivity index (χ1v) is 22.3. The van der Waals surface area contributed by atoms with E-state index >= 15 is 0 Å². The lowest BCUT2D eigenvalue weighted by atomic mass is 10.0. The molecule has 4 N–H and O–H groups in total. The van der Waals surface area contributed by atoms with Gasteiger partial charge in [-0.1, -0.05) is 48.5 Å². The van der Waals surface area contributed by atoms with E-state index < -0.39 is 23.9 Å². The number of carbonyl (C=O) groups is 4. The number of fused-ring (bicyclic) bond motifs is 1. The first-order chi connectivity index (χ1) is 29.9. The lowest BCUT2D eigenvalue weighted by Gasteiger charge is -2.40. The molecule has 2 atom stereocenters. The number of imide groups is 1. The molecule has 17 heteroatoms. The summed E-state index contributed by atoms with van der Waals surface area (Å²) < 4.78 is 22.2. The number of halogens is 3. The fourth-order valence-electron chi connectivity index (χ4n) is 9.02. The lowest BCUT2D eigenvalue weighted by molar-refractivity contribution is -0.137. The third kappa shape index (κ3) is 9.54. The van der Waals surface area contributed by atoms with E-state index in [1.165, 1.54) is 12.1 Å². The number of rotatable bonds is 16. The highest BCUT2D eigenvalue weighted by Crippen LogP contribution is 2.38. The zero-order chi connectivity index (χ0) is 43.5. The molecule has 3 saturated heterocycles. The minimum Gasteiger partial charge on any atom is -0.482 e. The van der Waals surface area contributed by atoms with Gasteiger partial charge in [-0.15, -0.1) is 0 Å². The first kappa shape index (κ1) is 43.4. The number of piperidine rings is 2. The van der Waals surface area contributed by atoms with Crippen LogP contribution in [0.5, 0.6) is 5.75 Å². The van der Waals surface area contributed by atoms with E-state index in [2.05, 4.69) is 25.6 Å². The van der Waals surface area contributed by atoms with Gasteiger partial charge in [0.05, 0.1) is 23.3 Å². The summed E-state index contributed by atoms with van der Waals surface area (Å²) in [5.41, 5.74) is 10.5. The van der Waals surface area contributed by atoms with E-state index in [-0.39, 0.29) is 46.0 Å². The van der Waals surface area contributed by atoms with Crippen LogP contribution in [0.2, 0.25) is 10.0 Å². The van der Waals surface area contributed by atoms with Crippen LogP contribution >= 0.6 is 23.2 Å². The number of pyridine rings is 1. The van der Waals surface area contributed by atoms with Crippen molar-refractivity contribution in [3.63, 3.8) is 0 Å². The Kier molecular flexibility index (Phi) is 13.3. The number of benzene rings is 2. The maximum atomic E-state index is 14.2. The molecule has 328 valence electrons. The molecule has 8 rings (SSSR count). The van der Waals surface area contributed by atoms with Gasteiger partial charge in [-0.25, -0.2) is 9.37 Å². The second kappa shape index (κ2) is 19.0. The van der Waals surface area contributed by atoms with Gasteiger partial charge in [-0.05, 0) is 75.9 Å². The highest BCUT2D eigenvalue weighted by Gasteiger charge is 2.40. The highest BCUT2D eigenvalue weighted by molar-refractivity contribution is 6.36. The number of ether oxygens (including phenoxy) is 1. The maximum absolute atomic E-state index is 14.2. The van der Waals surface area contributed by atoms with Gasteiger partial charge in [0, 0.05) is 96.5 Å². The van der Waals surface area contributed by atoms with Crippen LogP contribution in [0.15, 0.2) is 55.0 Å². The van der Waals surface area contributed by atoms with Crippen molar-refractivity contribution in [1.82, 2.24) is 34.8 Å². The van der Waals surface area contributed by atoms with Crippen molar-refractivity contribution in [1.29, 1.82) is 0 Å². The number of amides is 4.